The molecule has 0 radical (unpaired) electrons. The van der Waals surface area contributed by atoms with Crippen LogP contribution in [0.4, 0.5) is 0 Å². The lowest BCUT2D eigenvalue weighted by Crippen LogP contribution is -2.09. The number of ether oxygens (including phenoxy) is 1. The van der Waals surface area contributed by atoms with Crippen molar-refractivity contribution >= 4 is 17.5 Å². The number of carbonyl (C=O) groups excluding carboxylic acids is 1. The van der Waals surface area contributed by atoms with E-state index in [2.05, 4.69) is 31.5 Å². The highest BCUT2D eigenvalue weighted by Gasteiger charge is 2.18. The van der Waals surface area contributed by atoms with E-state index in [-0.39, 0.29) is 5.78 Å². The second-order valence-electron chi connectivity index (χ2n) is 7.10. The summed E-state index contributed by atoms with van der Waals surface area (Å²) in [4.78, 5) is 12.9. The van der Waals surface area contributed by atoms with Crippen molar-refractivity contribution in [2.24, 2.45) is 0 Å². The standard InChI is InChI=1S/C22H28N4O2S/c1-16-13-20(17(2)25(16)11-8-12-28-4)21(27)15-29-22-24-23-18(3)26(22)14-19-9-6-5-7-10-19/h5-7,9-10,13H,8,11-12,14-15H2,1-4H3. The van der Waals surface area contributed by atoms with E-state index in [4.69, 9.17) is 4.74 Å². The summed E-state index contributed by atoms with van der Waals surface area (Å²) in [5.41, 5.74) is 4.10. The second kappa shape index (κ2) is 9.89. The first-order chi connectivity index (χ1) is 14.0. The number of benzene rings is 1. The predicted octanol–water partition coefficient (Wildman–Crippen LogP) is 4.06. The van der Waals surface area contributed by atoms with Gasteiger partial charge in [-0.25, -0.2) is 0 Å². The molecule has 0 saturated heterocycles. The Bertz CT molecular complexity index is 963. The molecule has 0 saturated carbocycles. The molecule has 154 valence electrons. The summed E-state index contributed by atoms with van der Waals surface area (Å²) in [6.07, 6.45) is 0.928. The molecule has 0 atom stereocenters. The van der Waals surface area contributed by atoms with E-state index >= 15 is 0 Å². The minimum absolute atomic E-state index is 0.119. The fourth-order valence-electron chi connectivity index (χ4n) is 3.42. The molecule has 0 spiro atoms. The molecular weight excluding hydrogens is 384 g/mol. The molecule has 3 rings (SSSR count). The maximum Gasteiger partial charge on any atom is 0.191 e. The summed E-state index contributed by atoms with van der Waals surface area (Å²) >= 11 is 1.45. The van der Waals surface area contributed by atoms with E-state index in [1.165, 1.54) is 17.3 Å². The van der Waals surface area contributed by atoms with Gasteiger partial charge in [-0.15, -0.1) is 10.2 Å². The second-order valence-corrected chi connectivity index (χ2v) is 8.04. The first kappa shape index (κ1) is 21.3. The summed E-state index contributed by atoms with van der Waals surface area (Å²) in [5, 5.41) is 9.25. The molecular formula is C22H28N4O2S. The Morgan fingerprint density at radius 3 is 2.59 bits per heavy atom. The van der Waals surface area contributed by atoms with Gasteiger partial charge in [0.15, 0.2) is 10.9 Å². The van der Waals surface area contributed by atoms with Crippen LogP contribution in [0.25, 0.3) is 0 Å². The van der Waals surface area contributed by atoms with Gasteiger partial charge in [0.25, 0.3) is 0 Å². The average molecular weight is 413 g/mol. The van der Waals surface area contributed by atoms with Crippen LogP contribution in [-0.2, 0) is 17.8 Å². The molecule has 0 aliphatic carbocycles. The van der Waals surface area contributed by atoms with Gasteiger partial charge in [-0.1, -0.05) is 42.1 Å². The summed E-state index contributed by atoms with van der Waals surface area (Å²) in [7, 11) is 1.71. The van der Waals surface area contributed by atoms with Gasteiger partial charge in [-0.3, -0.25) is 4.79 Å². The first-order valence-corrected chi connectivity index (χ1v) is 10.7. The highest BCUT2D eigenvalue weighted by molar-refractivity contribution is 7.99. The number of Topliss-reactive ketones (excluding diaryl/α,β-unsaturated/α-hetero) is 1. The third kappa shape index (κ3) is 5.16. The van der Waals surface area contributed by atoms with E-state index in [1.54, 1.807) is 7.11 Å². The summed E-state index contributed by atoms with van der Waals surface area (Å²) in [6, 6.07) is 12.2. The van der Waals surface area contributed by atoms with Crippen LogP contribution in [0.15, 0.2) is 41.6 Å². The highest BCUT2D eigenvalue weighted by Crippen LogP contribution is 2.22. The number of nitrogens with zero attached hydrogens (tertiary/aromatic N) is 4. The van der Waals surface area contributed by atoms with Gasteiger partial charge in [0.05, 0.1) is 12.3 Å². The molecule has 0 aliphatic heterocycles. The Kier molecular flexibility index (Phi) is 7.28. The molecule has 0 aliphatic rings. The maximum atomic E-state index is 12.9. The van der Waals surface area contributed by atoms with Crippen LogP contribution in [-0.4, -0.2) is 44.6 Å². The van der Waals surface area contributed by atoms with Crippen molar-refractivity contribution in [3.8, 4) is 0 Å². The topological polar surface area (TPSA) is 61.9 Å². The van der Waals surface area contributed by atoms with Gasteiger partial charge in [-0.2, -0.15) is 0 Å². The largest absolute Gasteiger partial charge is 0.385 e. The Morgan fingerprint density at radius 2 is 1.86 bits per heavy atom. The van der Waals surface area contributed by atoms with Crippen LogP contribution >= 0.6 is 11.8 Å². The number of methoxy groups -OCH3 is 1. The van der Waals surface area contributed by atoms with Crippen molar-refractivity contribution in [3.05, 3.63) is 64.7 Å². The average Bonchev–Trinajstić information content (AvgIpc) is 3.21. The van der Waals surface area contributed by atoms with Crippen LogP contribution in [0.3, 0.4) is 0 Å². The van der Waals surface area contributed by atoms with Crippen LogP contribution in [0.2, 0.25) is 0 Å². The van der Waals surface area contributed by atoms with Gasteiger partial charge in [0, 0.05) is 37.2 Å². The van der Waals surface area contributed by atoms with Crippen molar-refractivity contribution in [3.63, 3.8) is 0 Å². The summed E-state index contributed by atoms with van der Waals surface area (Å²) in [5.74, 6) is 1.31. The zero-order chi connectivity index (χ0) is 20.8. The number of carbonyl (C=O) groups is 1. The van der Waals surface area contributed by atoms with E-state index in [9.17, 15) is 4.79 Å². The molecule has 0 fully saturated rings. The molecule has 29 heavy (non-hydrogen) atoms. The minimum Gasteiger partial charge on any atom is -0.385 e. The predicted molar refractivity (Wildman–Crippen MR) is 116 cm³/mol. The Balaban J connectivity index is 1.68. The van der Waals surface area contributed by atoms with E-state index < -0.39 is 0 Å². The minimum atomic E-state index is 0.119. The lowest BCUT2D eigenvalue weighted by atomic mass is 10.2. The lowest BCUT2D eigenvalue weighted by Gasteiger charge is -2.10. The zero-order valence-corrected chi connectivity index (χ0v) is 18.3. The van der Waals surface area contributed by atoms with E-state index in [0.717, 1.165) is 40.9 Å². The molecule has 1 aromatic carbocycles. The number of rotatable bonds is 10. The number of hydrogen-bond donors (Lipinski definition) is 0. The monoisotopic (exact) mass is 412 g/mol. The molecule has 3 aromatic rings. The first-order valence-electron chi connectivity index (χ1n) is 9.76. The van der Waals surface area contributed by atoms with Crippen molar-refractivity contribution in [2.45, 2.75) is 45.4 Å². The van der Waals surface area contributed by atoms with Gasteiger partial charge < -0.3 is 13.9 Å². The molecule has 0 bridgehead atoms. The molecule has 0 N–H and O–H groups in total. The fraction of sp³-hybridized carbons (Fsp3) is 0.409. The highest BCUT2D eigenvalue weighted by atomic mass is 32.2. The maximum absolute atomic E-state index is 12.9. The lowest BCUT2D eigenvalue weighted by molar-refractivity contribution is 0.102. The van der Waals surface area contributed by atoms with Gasteiger partial charge in [-0.05, 0) is 38.8 Å². The molecule has 6 nitrogen and oxygen atoms in total. The Labute approximate surface area is 176 Å². The van der Waals surface area contributed by atoms with E-state index in [0.29, 0.717) is 18.9 Å². The van der Waals surface area contributed by atoms with Gasteiger partial charge >= 0.3 is 0 Å². The number of ketones is 1. The van der Waals surface area contributed by atoms with Crippen molar-refractivity contribution in [1.82, 2.24) is 19.3 Å². The molecule has 0 amide bonds. The SMILES string of the molecule is COCCCn1c(C)cc(C(=O)CSc2nnc(C)n2Cc2ccccc2)c1C. The quantitative estimate of drug-likeness (QED) is 0.285. The third-order valence-electron chi connectivity index (χ3n) is 5.02. The van der Waals surface area contributed by atoms with Crippen LogP contribution in [0.1, 0.15) is 39.6 Å². The molecule has 2 heterocycles. The van der Waals surface area contributed by atoms with Crippen molar-refractivity contribution < 1.29 is 9.53 Å². The third-order valence-corrected chi connectivity index (χ3v) is 5.99. The number of aromatic nitrogens is 4. The van der Waals surface area contributed by atoms with E-state index in [1.807, 2.05) is 45.0 Å². The summed E-state index contributed by atoms with van der Waals surface area (Å²) in [6.45, 7) is 8.27. The van der Waals surface area contributed by atoms with Crippen molar-refractivity contribution in [1.29, 1.82) is 0 Å². The van der Waals surface area contributed by atoms with Gasteiger partial charge in [0.1, 0.15) is 5.82 Å². The number of hydrogen-bond acceptors (Lipinski definition) is 5. The Morgan fingerprint density at radius 1 is 1.10 bits per heavy atom. The smallest absolute Gasteiger partial charge is 0.191 e. The van der Waals surface area contributed by atoms with Crippen LogP contribution in [0, 0.1) is 20.8 Å². The van der Waals surface area contributed by atoms with Crippen LogP contribution in [0.5, 0.6) is 0 Å². The normalized spacial score (nSPS) is 11.2. The molecule has 0 unspecified atom stereocenters. The Hall–Kier alpha value is -2.38. The molecule has 2 aromatic heterocycles. The summed E-state index contributed by atoms with van der Waals surface area (Å²) < 4.78 is 9.39. The van der Waals surface area contributed by atoms with Gasteiger partial charge in [0.2, 0.25) is 0 Å². The van der Waals surface area contributed by atoms with Crippen molar-refractivity contribution in [2.75, 3.05) is 19.5 Å². The number of aryl methyl sites for hydroxylation is 2. The zero-order valence-electron chi connectivity index (χ0n) is 17.5. The van der Waals surface area contributed by atoms with Crippen LogP contribution < -0.4 is 0 Å². The molecule has 7 heteroatoms. The number of thioether (sulfide) groups is 1. The fourth-order valence-corrected chi connectivity index (χ4v) is 4.29.